The first kappa shape index (κ1) is 14.3. The summed E-state index contributed by atoms with van der Waals surface area (Å²) in [4.78, 5) is 0.0450. The Morgan fingerprint density at radius 2 is 2.42 bits per heavy atom. The van der Waals surface area contributed by atoms with Crippen LogP contribution in [0.5, 0.6) is 0 Å². The number of hydrogen-bond acceptors (Lipinski definition) is 5. The zero-order valence-electron chi connectivity index (χ0n) is 11.0. The van der Waals surface area contributed by atoms with Gasteiger partial charge in [-0.1, -0.05) is 6.92 Å². The van der Waals surface area contributed by atoms with E-state index in [-0.39, 0.29) is 16.8 Å². The van der Waals surface area contributed by atoms with Crippen molar-refractivity contribution in [2.24, 2.45) is 0 Å². The average molecular weight is 288 g/mol. The van der Waals surface area contributed by atoms with E-state index >= 15 is 0 Å². The van der Waals surface area contributed by atoms with Gasteiger partial charge in [-0.05, 0) is 19.3 Å². The Bertz CT molecular complexity index is 514. The molecule has 1 atom stereocenters. The number of H-pyrrole nitrogens is 1. The quantitative estimate of drug-likeness (QED) is 0.825. The van der Waals surface area contributed by atoms with Gasteiger partial charge in [-0.25, -0.2) is 8.42 Å². The number of hydrogen-bond donors (Lipinski definition) is 2. The standard InChI is InChI=1S/C11H20N4O3S/c1-2-6-18-9-4-3-5-15(8-9)19(16,17)10-7-13-14-11(10)12/h7,9H,2-6,8H2,1H3,(H3,12,13,14). The summed E-state index contributed by atoms with van der Waals surface area (Å²) in [5, 5.41) is 6.11. The molecule has 1 fully saturated rings. The molecular formula is C11H20N4O3S. The molecule has 19 heavy (non-hydrogen) atoms. The zero-order valence-corrected chi connectivity index (χ0v) is 11.8. The zero-order chi connectivity index (χ0) is 13.9. The maximum absolute atomic E-state index is 12.4. The van der Waals surface area contributed by atoms with Crippen molar-refractivity contribution in [1.82, 2.24) is 14.5 Å². The minimum atomic E-state index is -3.57. The number of nitrogens with two attached hydrogens (primary N) is 1. The summed E-state index contributed by atoms with van der Waals surface area (Å²) in [5.74, 6) is 0.0802. The molecule has 1 unspecified atom stereocenters. The molecule has 1 aromatic rings. The molecule has 0 amide bonds. The lowest BCUT2D eigenvalue weighted by Gasteiger charge is -2.31. The van der Waals surface area contributed by atoms with Crippen LogP contribution in [0.1, 0.15) is 26.2 Å². The molecule has 1 saturated heterocycles. The van der Waals surface area contributed by atoms with Crippen molar-refractivity contribution >= 4 is 15.8 Å². The van der Waals surface area contributed by atoms with Crippen LogP contribution in [-0.2, 0) is 14.8 Å². The number of nitrogens with one attached hydrogen (secondary N) is 1. The van der Waals surface area contributed by atoms with E-state index in [0.29, 0.717) is 19.7 Å². The predicted octanol–water partition coefficient (Wildman–Crippen LogP) is 0.572. The van der Waals surface area contributed by atoms with Gasteiger partial charge in [-0.2, -0.15) is 9.40 Å². The largest absolute Gasteiger partial charge is 0.383 e. The van der Waals surface area contributed by atoms with Crippen molar-refractivity contribution in [1.29, 1.82) is 0 Å². The molecule has 0 saturated carbocycles. The number of rotatable bonds is 5. The summed E-state index contributed by atoms with van der Waals surface area (Å²) in [6, 6.07) is 0. The Kier molecular flexibility index (Phi) is 4.43. The second kappa shape index (κ2) is 5.89. The average Bonchev–Trinajstić information content (AvgIpc) is 2.84. The fourth-order valence-electron chi connectivity index (χ4n) is 2.17. The van der Waals surface area contributed by atoms with E-state index in [4.69, 9.17) is 10.5 Å². The topological polar surface area (TPSA) is 101 Å². The van der Waals surface area contributed by atoms with E-state index in [0.717, 1.165) is 19.3 Å². The highest BCUT2D eigenvalue weighted by atomic mass is 32.2. The third-order valence-corrected chi connectivity index (χ3v) is 5.04. The number of anilines is 1. The first-order valence-electron chi connectivity index (χ1n) is 6.46. The SMILES string of the molecule is CCCOC1CCCN(S(=O)(=O)c2cn[nH]c2N)C1. The van der Waals surface area contributed by atoms with Crippen molar-refractivity contribution in [3.05, 3.63) is 6.20 Å². The predicted molar refractivity (Wildman–Crippen MR) is 71.0 cm³/mol. The molecule has 1 aliphatic heterocycles. The fourth-order valence-corrected chi connectivity index (χ4v) is 3.69. The highest BCUT2D eigenvalue weighted by Gasteiger charge is 2.32. The second-order valence-corrected chi connectivity index (χ2v) is 6.55. The van der Waals surface area contributed by atoms with Gasteiger partial charge in [0.25, 0.3) is 0 Å². The minimum absolute atomic E-state index is 0.0309. The van der Waals surface area contributed by atoms with Crippen LogP contribution in [0, 0.1) is 0 Å². The van der Waals surface area contributed by atoms with Gasteiger partial charge in [-0.3, -0.25) is 5.10 Å². The molecule has 2 rings (SSSR count). The van der Waals surface area contributed by atoms with Crippen molar-refractivity contribution in [2.45, 2.75) is 37.2 Å². The summed E-state index contributed by atoms with van der Waals surface area (Å²) in [6.45, 7) is 3.57. The van der Waals surface area contributed by atoms with Crippen molar-refractivity contribution in [2.75, 3.05) is 25.4 Å². The van der Waals surface area contributed by atoms with Crippen LogP contribution >= 0.6 is 0 Å². The Balaban J connectivity index is 2.10. The van der Waals surface area contributed by atoms with Gasteiger partial charge in [0, 0.05) is 19.7 Å². The molecule has 0 radical (unpaired) electrons. The lowest BCUT2D eigenvalue weighted by atomic mass is 10.1. The van der Waals surface area contributed by atoms with Crippen LogP contribution in [0.2, 0.25) is 0 Å². The molecule has 8 heteroatoms. The number of sulfonamides is 1. The van der Waals surface area contributed by atoms with Gasteiger partial charge in [-0.15, -0.1) is 0 Å². The highest BCUT2D eigenvalue weighted by Crippen LogP contribution is 2.24. The van der Waals surface area contributed by atoms with Crippen LogP contribution in [0.25, 0.3) is 0 Å². The number of nitrogens with zero attached hydrogens (tertiary/aromatic N) is 2. The van der Waals surface area contributed by atoms with Crippen LogP contribution < -0.4 is 5.73 Å². The smallest absolute Gasteiger partial charge is 0.248 e. The highest BCUT2D eigenvalue weighted by molar-refractivity contribution is 7.89. The van der Waals surface area contributed by atoms with Crippen LogP contribution in [0.4, 0.5) is 5.82 Å². The minimum Gasteiger partial charge on any atom is -0.383 e. The summed E-state index contributed by atoms with van der Waals surface area (Å²) >= 11 is 0. The number of piperidine rings is 1. The van der Waals surface area contributed by atoms with E-state index in [1.54, 1.807) is 0 Å². The normalized spacial score (nSPS) is 21.6. The lowest BCUT2D eigenvalue weighted by Crippen LogP contribution is -2.43. The summed E-state index contributed by atoms with van der Waals surface area (Å²) in [5.41, 5.74) is 5.59. The first-order valence-corrected chi connectivity index (χ1v) is 7.90. The van der Waals surface area contributed by atoms with E-state index in [2.05, 4.69) is 10.2 Å². The number of ether oxygens (including phenoxy) is 1. The van der Waals surface area contributed by atoms with Crippen LogP contribution in [0.3, 0.4) is 0 Å². The van der Waals surface area contributed by atoms with Crippen molar-refractivity contribution < 1.29 is 13.2 Å². The maximum atomic E-state index is 12.4. The Hall–Kier alpha value is -1.12. The molecule has 2 heterocycles. The van der Waals surface area contributed by atoms with Gasteiger partial charge in [0.05, 0.1) is 12.3 Å². The second-order valence-electron chi connectivity index (χ2n) is 4.65. The molecule has 7 nitrogen and oxygen atoms in total. The molecule has 3 N–H and O–H groups in total. The molecule has 0 aliphatic carbocycles. The Morgan fingerprint density at radius 1 is 1.63 bits per heavy atom. The molecular weight excluding hydrogens is 268 g/mol. The molecule has 1 aromatic heterocycles. The van der Waals surface area contributed by atoms with Crippen molar-refractivity contribution in [3.63, 3.8) is 0 Å². The Labute approximate surface area is 113 Å². The van der Waals surface area contributed by atoms with Gasteiger partial charge < -0.3 is 10.5 Å². The molecule has 0 spiro atoms. The third-order valence-electron chi connectivity index (χ3n) is 3.15. The summed E-state index contributed by atoms with van der Waals surface area (Å²) < 4.78 is 31.9. The molecule has 1 aliphatic rings. The first-order chi connectivity index (χ1) is 9.05. The van der Waals surface area contributed by atoms with E-state index in [9.17, 15) is 8.42 Å². The molecule has 0 bridgehead atoms. The van der Waals surface area contributed by atoms with Crippen molar-refractivity contribution in [3.8, 4) is 0 Å². The van der Waals surface area contributed by atoms with Crippen LogP contribution in [-0.4, -0.2) is 48.7 Å². The van der Waals surface area contributed by atoms with Gasteiger partial charge in [0.15, 0.2) is 0 Å². The number of nitrogen functional groups attached to an aromatic ring is 1. The van der Waals surface area contributed by atoms with Gasteiger partial charge >= 0.3 is 0 Å². The number of aromatic nitrogens is 2. The third kappa shape index (κ3) is 3.07. The summed E-state index contributed by atoms with van der Waals surface area (Å²) in [6.07, 6.45) is 3.84. The fraction of sp³-hybridized carbons (Fsp3) is 0.727. The molecule has 0 aromatic carbocycles. The van der Waals surface area contributed by atoms with Crippen LogP contribution in [0.15, 0.2) is 11.1 Å². The van der Waals surface area contributed by atoms with E-state index < -0.39 is 10.0 Å². The van der Waals surface area contributed by atoms with E-state index in [1.807, 2.05) is 6.92 Å². The maximum Gasteiger partial charge on any atom is 0.248 e. The van der Waals surface area contributed by atoms with Gasteiger partial charge in [0.2, 0.25) is 10.0 Å². The van der Waals surface area contributed by atoms with Gasteiger partial charge in [0.1, 0.15) is 10.7 Å². The molecule has 108 valence electrons. The van der Waals surface area contributed by atoms with E-state index in [1.165, 1.54) is 10.5 Å². The monoisotopic (exact) mass is 288 g/mol. The Morgan fingerprint density at radius 3 is 3.05 bits per heavy atom. The lowest BCUT2D eigenvalue weighted by molar-refractivity contribution is 0.0193. The summed E-state index contributed by atoms with van der Waals surface area (Å²) in [7, 11) is -3.57. The number of aromatic amines is 1.